The Bertz CT molecular complexity index is 212. The maximum Gasteiger partial charge on any atom is 0.188 e. The number of aliphatic hydroxyl groups is 1. The Morgan fingerprint density at radius 2 is 2.12 bits per heavy atom. The summed E-state index contributed by atoms with van der Waals surface area (Å²) in [4.78, 5) is 4.17. The lowest BCUT2D eigenvalue weighted by Gasteiger charge is -2.23. The molecule has 1 fully saturated rings. The van der Waals surface area contributed by atoms with E-state index in [1.54, 1.807) is 0 Å². The largest absolute Gasteiger partial charge is 0.391 e. The fraction of sp³-hybridized carbons (Fsp3) is 0.917. The summed E-state index contributed by atoms with van der Waals surface area (Å²) < 4.78 is 0. The third-order valence-corrected chi connectivity index (χ3v) is 3.05. The van der Waals surface area contributed by atoms with Crippen molar-refractivity contribution < 1.29 is 5.11 Å². The van der Waals surface area contributed by atoms with Crippen LogP contribution in [-0.2, 0) is 0 Å². The minimum absolute atomic E-state index is 0.350. The van der Waals surface area contributed by atoms with E-state index in [4.69, 9.17) is 5.73 Å². The molecule has 1 aliphatic rings. The summed E-state index contributed by atoms with van der Waals surface area (Å²) in [5.41, 5.74) is 5.78. The summed E-state index contributed by atoms with van der Waals surface area (Å²) in [5, 5.41) is 12.7. The van der Waals surface area contributed by atoms with Crippen LogP contribution in [0.5, 0.6) is 0 Å². The Kier molecular flexibility index (Phi) is 6.23. The highest BCUT2D eigenvalue weighted by atomic mass is 16.3. The molecule has 0 aromatic heterocycles. The van der Waals surface area contributed by atoms with E-state index in [-0.39, 0.29) is 6.10 Å². The van der Waals surface area contributed by atoms with E-state index in [0.29, 0.717) is 18.5 Å². The predicted octanol–water partition coefficient (Wildman–Crippen LogP) is 1.38. The van der Waals surface area contributed by atoms with Crippen LogP contribution in [0.4, 0.5) is 0 Å². The molecule has 4 heteroatoms. The molecule has 94 valence electrons. The van der Waals surface area contributed by atoms with Crippen molar-refractivity contribution >= 4 is 5.96 Å². The summed E-state index contributed by atoms with van der Waals surface area (Å²) in [5.74, 6) is 0.488. The third-order valence-electron chi connectivity index (χ3n) is 3.05. The van der Waals surface area contributed by atoms with Crippen LogP contribution in [0.2, 0.25) is 0 Å². The first-order valence-electron chi connectivity index (χ1n) is 6.47. The predicted molar refractivity (Wildman–Crippen MR) is 67.4 cm³/mol. The molecule has 1 atom stereocenters. The summed E-state index contributed by atoms with van der Waals surface area (Å²) in [6, 6.07) is 0.487. The standard InChI is InChI=1S/C12H25N3O/c1-2-6-11(16)9-14-12(13)15-10-7-4-3-5-8-10/h10-11,16H,2-9H2,1H3,(H3,13,14,15). The molecule has 0 saturated heterocycles. The van der Waals surface area contributed by atoms with Crippen LogP contribution in [0.3, 0.4) is 0 Å². The van der Waals surface area contributed by atoms with Gasteiger partial charge in [-0.3, -0.25) is 4.99 Å². The van der Waals surface area contributed by atoms with Crippen LogP contribution in [0.1, 0.15) is 51.9 Å². The van der Waals surface area contributed by atoms with Gasteiger partial charge in [0, 0.05) is 6.04 Å². The maximum absolute atomic E-state index is 9.51. The van der Waals surface area contributed by atoms with Gasteiger partial charge in [-0.05, 0) is 19.3 Å². The minimum atomic E-state index is -0.350. The smallest absolute Gasteiger partial charge is 0.188 e. The quantitative estimate of drug-likeness (QED) is 0.491. The van der Waals surface area contributed by atoms with E-state index in [0.717, 1.165) is 12.8 Å². The summed E-state index contributed by atoms with van der Waals surface area (Å²) >= 11 is 0. The summed E-state index contributed by atoms with van der Waals surface area (Å²) in [7, 11) is 0. The molecular weight excluding hydrogens is 202 g/mol. The highest BCUT2D eigenvalue weighted by Gasteiger charge is 2.13. The van der Waals surface area contributed by atoms with Crippen molar-refractivity contribution in [3.8, 4) is 0 Å². The molecule has 0 amide bonds. The molecule has 16 heavy (non-hydrogen) atoms. The van der Waals surface area contributed by atoms with E-state index in [1.807, 2.05) is 0 Å². The van der Waals surface area contributed by atoms with Crippen molar-refractivity contribution in [1.29, 1.82) is 0 Å². The number of nitrogens with one attached hydrogen (secondary N) is 1. The van der Waals surface area contributed by atoms with Gasteiger partial charge in [-0.15, -0.1) is 0 Å². The Morgan fingerprint density at radius 1 is 1.44 bits per heavy atom. The molecule has 1 rings (SSSR count). The van der Waals surface area contributed by atoms with Crippen molar-refractivity contribution in [3.05, 3.63) is 0 Å². The second-order valence-corrected chi connectivity index (χ2v) is 4.65. The minimum Gasteiger partial charge on any atom is -0.391 e. The highest BCUT2D eigenvalue weighted by Crippen LogP contribution is 2.16. The van der Waals surface area contributed by atoms with Gasteiger partial charge in [-0.1, -0.05) is 32.6 Å². The SMILES string of the molecule is CCCC(O)CN=C(N)NC1CCCCC1. The molecule has 0 aromatic carbocycles. The van der Waals surface area contributed by atoms with Gasteiger partial charge in [0.1, 0.15) is 0 Å². The molecule has 0 aromatic rings. The van der Waals surface area contributed by atoms with E-state index in [1.165, 1.54) is 32.1 Å². The Balaban J connectivity index is 2.21. The second kappa shape index (κ2) is 7.49. The zero-order valence-electron chi connectivity index (χ0n) is 10.3. The normalized spacial score (nSPS) is 20.8. The van der Waals surface area contributed by atoms with Crippen LogP contribution in [0.15, 0.2) is 4.99 Å². The molecule has 0 aliphatic heterocycles. The first kappa shape index (κ1) is 13.3. The van der Waals surface area contributed by atoms with Gasteiger partial charge < -0.3 is 16.2 Å². The fourth-order valence-corrected chi connectivity index (χ4v) is 2.13. The van der Waals surface area contributed by atoms with Gasteiger partial charge in [-0.2, -0.15) is 0 Å². The van der Waals surface area contributed by atoms with Crippen LogP contribution in [-0.4, -0.2) is 29.8 Å². The van der Waals surface area contributed by atoms with E-state index < -0.39 is 0 Å². The van der Waals surface area contributed by atoms with Gasteiger partial charge in [0.2, 0.25) is 0 Å². The van der Waals surface area contributed by atoms with E-state index in [9.17, 15) is 5.11 Å². The molecule has 4 N–H and O–H groups in total. The third kappa shape index (κ3) is 5.35. The molecule has 0 radical (unpaired) electrons. The summed E-state index contributed by atoms with van der Waals surface area (Å²) in [6.07, 6.45) is 7.70. The van der Waals surface area contributed by atoms with Crippen LogP contribution >= 0.6 is 0 Å². The number of hydrogen-bond acceptors (Lipinski definition) is 2. The van der Waals surface area contributed by atoms with Crippen molar-refractivity contribution in [2.75, 3.05) is 6.54 Å². The average Bonchev–Trinajstić information content (AvgIpc) is 2.28. The highest BCUT2D eigenvalue weighted by molar-refractivity contribution is 5.78. The van der Waals surface area contributed by atoms with Crippen LogP contribution < -0.4 is 11.1 Å². The van der Waals surface area contributed by atoms with Crippen LogP contribution in [0, 0.1) is 0 Å². The van der Waals surface area contributed by atoms with Gasteiger partial charge in [-0.25, -0.2) is 0 Å². The molecule has 0 spiro atoms. The van der Waals surface area contributed by atoms with Crippen molar-refractivity contribution in [3.63, 3.8) is 0 Å². The van der Waals surface area contributed by atoms with Gasteiger partial charge in [0.25, 0.3) is 0 Å². The van der Waals surface area contributed by atoms with Gasteiger partial charge in [0.05, 0.1) is 12.6 Å². The molecular formula is C12H25N3O. The number of aliphatic imine (C=N–C) groups is 1. The molecule has 1 saturated carbocycles. The number of nitrogens with two attached hydrogens (primary N) is 1. The van der Waals surface area contributed by atoms with Crippen molar-refractivity contribution in [2.24, 2.45) is 10.7 Å². The topological polar surface area (TPSA) is 70.6 Å². The molecule has 1 aliphatic carbocycles. The summed E-state index contributed by atoms with van der Waals surface area (Å²) in [6.45, 7) is 2.47. The van der Waals surface area contributed by atoms with Gasteiger partial charge in [0.15, 0.2) is 5.96 Å². The fourth-order valence-electron chi connectivity index (χ4n) is 2.13. The number of guanidine groups is 1. The van der Waals surface area contributed by atoms with Crippen molar-refractivity contribution in [1.82, 2.24) is 5.32 Å². The first-order valence-corrected chi connectivity index (χ1v) is 6.47. The average molecular weight is 227 g/mol. The maximum atomic E-state index is 9.51. The number of aliphatic hydroxyl groups excluding tert-OH is 1. The van der Waals surface area contributed by atoms with Crippen molar-refractivity contribution in [2.45, 2.75) is 64.0 Å². The Hall–Kier alpha value is -0.770. The first-order chi connectivity index (χ1) is 7.72. The Labute approximate surface area is 98.3 Å². The zero-order chi connectivity index (χ0) is 11.8. The Morgan fingerprint density at radius 3 is 2.75 bits per heavy atom. The molecule has 0 bridgehead atoms. The monoisotopic (exact) mass is 227 g/mol. The lowest BCUT2D eigenvalue weighted by Crippen LogP contribution is -2.41. The zero-order valence-corrected chi connectivity index (χ0v) is 10.3. The lowest BCUT2D eigenvalue weighted by atomic mass is 9.96. The van der Waals surface area contributed by atoms with E-state index in [2.05, 4.69) is 17.2 Å². The van der Waals surface area contributed by atoms with E-state index >= 15 is 0 Å². The molecule has 0 heterocycles. The lowest BCUT2D eigenvalue weighted by molar-refractivity contribution is 0.172. The molecule has 1 unspecified atom stereocenters. The number of hydrogen-bond donors (Lipinski definition) is 3. The van der Waals surface area contributed by atoms with Crippen LogP contribution in [0.25, 0.3) is 0 Å². The number of rotatable bonds is 5. The molecule has 4 nitrogen and oxygen atoms in total. The number of nitrogens with zero attached hydrogens (tertiary/aromatic N) is 1. The second-order valence-electron chi connectivity index (χ2n) is 4.65. The van der Waals surface area contributed by atoms with Gasteiger partial charge >= 0.3 is 0 Å².